The lowest BCUT2D eigenvalue weighted by molar-refractivity contribution is 0.553. The van der Waals surface area contributed by atoms with Gasteiger partial charge in [-0.2, -0.15) is 0 Å². The highest BCUT2D eigenvalue weighted by molar-refractivity contribution is 9.10. The Hall–Kier alpha value is -2.06. The lowest BCUT2D eigenvalue weighted by atomic mass is 10.0. The second kappa shape index (κ2) is 10.3. The second-order valence-electron chi connectivity index (χ2n) is 8.27. The molecule has 0 saturated heterocycles. The predicted molar refractivity (Wildman–Crippen MR) is 134 cm³/mol. The first-order valence-electron chi connectivity index (χ1n) is 11.5. The summed E-state index contributed by atoms with van der Waals surface area (Å²) < 4.78 is 3.68. The molecule has 1 radical (unpaired) electrons. The molecule has 30 heavy (non-hydrogen) atoms. The van der Waals surface area contributed by atoms with E-state index in [1.165, 1.54) is 84.3 Å². The molecule has 0 aliphatic carbocycles. The second-order valence-corrected chi connectivity index (χ2v) is 9.18. The molecular weight excluding hydrogens is 430 g/mol. The van der Waals surface area contributed by atoms with Crippen LogP contribution in [-0.2, 0) is 6.54 Å². The molecular formula is C28H31BrN. The van der Waals surface area contributed by atoms with Gasteiger partial charge in [0, 0.05) is 32.9 Å². The maximum Gasteiger partial charge on any atom is 0.0571 e. The monoisotopic (exact) mass is 460 g/mol. The summed E-state index contributed by atoms with van der Waals surface area (Å²) in [4.78, 5) is 0. The van der Waals surface area contributed by atoms with Crippen molar-refractivity contribution in [2.24, 2.45) is 0 Å². The molecule has 0 aliphatic heterocycles. The molecule has 0 aliphatic rings. The highest BCUT2D eigenvalue weighted by Crippen LogP contribution is 2.37. The van der Waals surface area contributed by atoms with Gasteiger partial charge in [-0.3, -0.25) is 0 Å². The van der Waals surface area contributed by atoms with Gasteiger partial charge in [0.15, 0.2) is 0 Å². The number of nitrogens with zero attached hydrogens (tertiary/aromatic N) is 1. The van der Waals surface area contributed by atoms with Crippen LogP contribution in [0.3, 0.4) is 0 Å². The van der Waals surface area contributed by atoms with E-state index in [2.05, 4.69) is 82.0 Å². The number of hydrogen-bond donors (Lipinski definition) is 0. The first kappa shape index (κ1) is 21.2. The van der Waals surface area contributed by atoms with Crippen molar-refractivity contribution in [3.05, 3.63) is 71.2 Å². The van der Waals surface area contributed by atoms with Crippen LogP contribution in [0.2, 0.25) is 0 Å². The fourth-order valence-corrected chi connectivity index (χ4v) is 4.91. The van der Waals surface area contributed by atoms with E-state index in [0.29, 0.717) is 0 Å². The van der Waals surface area contributed by atoms with E-state index in [-0.39, 0.29) is 0 Å². The van der Waals surface area contributed by atoms with E-state index in [4.69, 9.17) is 0 Å². The molecule has 0 spiro atoms. The highest BCUT2D eigenvalue weighted by Gasteiger charge is 2.15. The average molecular weight is 461 g/mol. The molecule has 4 aromatic rings. The Morgan fingerprint density at radius 3 is 2.37 bits per heavy atom. The van der Waals surface area contributed by atoms with Gasteiger partial charge >= 0.3 is 0 Å². The third kappa shape index (κ3) is 4.64. The van der Waals surface area contributed by atoms with Crippen LogP contribution in [0.25, 0.3) is 32.9 Å². The van der Waals surface area contributed by atoms with Gasteiger partial charge in [-0.15, -0.1) is 0 Å². The smallest absolute Gasteiger partial charge is 0.0571 e. The average Bonchev–Trinajstić information content (AvgIpc) is 3.09. The zero-order valence-corrected chi connectivity index (χ0v) is 19.5. The molecule has 4 rings (SSSR count). The molecule has 0 unspecified atom stereocenters. The minimum absolute atomic E-state index is 1.07. The number of aryl methyl sites for hydroxylation is 1. The van der Waals surface area contributed by atoms with E-state index < -0.39 is 0 Å². The van der Waals surface area contributed by atoms with Crippen molar-refractivity contribution >= 4 is 37.7 Å². The Bertz CT molecular complexity index is 1090. The number of halogens is 1. The van der Waals surface area contributed by atoms with Crippen molar-refractivity contribution in [3.63, 3.8) is 0 Å². The van der Waals surface area contributed by atoms with Gasteiger partial charge < -0.3 is 4.57 Å². The maximum absolute atomic E-state index is 3.67. The van der Waals surface area contributed by atoms with E-state index in [9.17, 15) is 0 Å². The van der Waals surface area contributed by atoms with Crippen LogP contribution in [0.15, 0.2) is 65.1 Å². The van der Waals surface area contributed by atoms with Crippen molar-refractivity contribution in [1.82, 2.24) is 4.57 Å². The van der Waals surface area contributed by atoms with Gasteiger partial charge in [-0.05, 0) is 36.2 Å². The van der Waals surface area contributed by atoms with Crippen molar-refractivity contribution in [1.29, 1.82) is 0 Å². The largest absolute Gasteiger partial charge is 0.340 e. The van der Waals surface area contributed by atoms with Crippen molar-refractivity contribution in [2.75, 3.05) is 0 Å². The fourth-order valence-electron chi connectivity index (χ4n) is 4.55. The predicted octanol–water partition coefficient (Wildman–Crippen LogP) is 9.16. The van der Waals surface area contributed by atoms with Gasteiger partial charge in [-0.25, -0.2) is 0 Å². The minimum Gasteiger partial charge on any atom is -0.340 e. The number of aromatic nitrogens is 1. The molecule has 1 heterocycles. The Morgan fingerprint density at radius 2 is 1.60 bits per heavy atom. The minimum atomic E-state index is 1.07. The van der Waals surface area contributed by atoms with Crippen molar-refractivity contribution in [2.45, 2.75) is 64.8 Å². The van der Waals surface area contributed by atoms with Crippen LogP contribution >= 0.6 is 15.9 Å². The number of rotatable bonds is 10. The van der Waals surface area contributed by atoms with Gasteiger partial charge in [0.25, 0.3) is 0 Å². The number of benzene rings is 3. The summed E-state index contributed by atoms with van der Waals surface area (Å²) in [5.74, 6) is 0. The summed E-state index contributed by atoms with van der Waals surface area (Å²) in [6.07, 6.45) is 10.8. The summed E-state index contributed by atoms with van der Waals surface area (Å²) in [5, 5.41) is 2.66. The maximum atomic E-state index is 3.67. The van der Waals surface area contributed by atoms with Gasteiger partial charge in [0.2, 0.25) is 0 Å². The molecule has 155 valence electrons. The van der Waals surface area contributed by atoms with Crippen LogP contribution in [0.1, 0.15) is 58.3 Å². The molecule has 1 nitrogen and oxygen atoms in total. The summed E-state index contributed by atoms with van der Waals surface area (Å²) in [6.45, 7) is 3.35. The first-order chi connectivity index (χ1) is 14.8. The molecule has 0 fully saturated rings. The quantitative estimate of drug-likeness (QED) is 0.208. The molecule has 2 heteroatoms. The van der Waals surface area contributed by atoms with E-state index in [0.717, 1.165) is 11.0 Å². The third-order valence-electron chi connectivity index (χ3n) is 6.08. The molecule has 0 amide bonds. The summed E-state index contributed by atoms with van der Waals surface area (Å²) in [5.41, 5.74) is 5.12. The highest BCUT2D eigenvalue weighted by atomic mass is 79.9. The molecule has 3 aromatic carbocycles. The van der Waals surface area contributed by atoms with Gasteiger partial charge in [0.05, 0.1) is 5.52 Å². The van der Waals surface area contributed by atoms with Crippen LogP contribution < -0.4 is 0 Å². The van der Waals surface area contributed by atoms with E-state index in [1.807, 2.05) is 12.1 Å². The Morgan fingerprint density at radius 1 is 0.800 bits per heavy atom. The van der Waals surface area contributed by atoms with Crippen molar-refractivity contribution in [3.8, 4) is 11.1 Å². The first-order valence-corrected chi connectivity index (χ1v) is 12.3. The third-order valence-corrected chi connectivity index (χ3v) is 6.57. The lowest BCUT2D eigenvalue weighted by Gasteiger charge is -2.11. The lowest BCUT2D eigenvalue weighted by Crippen LogP contribution is -1.99. The summed E-state index contributed by atoms with van der Waals surface area (Å²) in [7, 11) is 0. The van der Waals surface area contributed by atoms with Gasteiger partial charge in [-0.1, -0.05) is 110 Å². The number of unbranched alkanes of at least 4 members (excludes halogenated alkanes) is 7. The fraction of sp³-hybridized carbons (Fsp3) is 0.357. The van der Waals surface area contributed by atoms with Crippen LogP contribution in [0, 0.1) is 6.07 Å². The SMILES string of the molecule is CCCCCCCCCCn1c2ccc(Br)cc2c2cccc(-c3[c]cccc3)c21. The number of hydrogen-bond acceptors (Lipinski definition) is 0. The van der Waals surface area contributed by atoms with E-state index >= 15 is 0 Å². The standard InChI is InChI=1S/C28H31BrN/c1-2-3-4-5-6-7-8-12-20-30-27-19-18-23(29)21-26(27)25-17-13-16-24(28(25)30)22-14-10-9-11-15-22/h9-11,13-14,16-19,21H,2-8,12,20H2,1H3. The molecule has 0 bridgehead atoms. The summed E-state index contributed by atoms with van der Waals surface area (Å²) >= 11 is 3.67. The van der Waals surface area contributed by atoms with Crippen LogP contribution in [0.4, 0.5) is 0 Å². The molecule has 0 saturated carbocycles. The summed E-state index contributed by atoms with van der Waals surface area (Å²) in [6, 6.07) is 25.1. The topological polar surface area (TPSA) is 4.93 Å². The van der Waals surface area contributed by atoms with Crippen LogP contribution in [0.5, 0.6) is 0 Å². The number of para-hydroxylation sites is 1. The molecule has 1 aromatic heterocycles. The van der Waals surface area contributed by atoms with Crippen LogP contribution in [-0.4, -0.2) is 4.57 Å². The van der Waals surface area contributed by atoms with Gasteiger partial charge in [0.1, 0.15) is 0 Å². The van der Waals surface area contributed by atoms with E-state index in [1.54, 1.807) is 0 Å². The van der Waals surface area contributed by atoms with Crippen molar-refractivity contribution < 1.29 is 0 Å². The molecule has 0 N–H and O–H groups in total. The zero-order valence-electron chi connectivity index (χ0n) is 18.0. The Kier molecular flexibility index (Phi) is 7.28. The zero-order chi connectivity index (χ0) is 20.8. The Labute approximate surface area is 189 Å². The molecule has 0 atom stereocenters. The normalized spacial score (nSPS) is 11.5. The number of fused-ring (bicyclic) bond motifs is 3. The Balaban J connectivity index is 1.63.